The van der Waals surface area contributed by atoms with E-state index in [9.17, 15) is 5.11 Å². The summed E-state index contributed by atoms with van der Waals surface area (Å²) < 4.78 is 0. The van der Waals surface area contributed by atoms with Gasteiger partial charge in [0.25, 0.3) is 0 Å². The summed E-state index contributed by atoms with van der Waals surface area (Å²) in [6.45, 7) is 8.32. The highest BCUT2D eigenvalue weighted by atomic mass is 16.3. The van der Waals surface area contributed by atoms with Gasteiger partial charge in [-0.15, -0.1) is 0 Å². The van der Waals surface area contributed by atoms with Gasteiger partial charge in [0, 0.05) is 6.04 Å². The third kappa shape index (κ3) is 3.62. The molecule has 16 heavy (non-hydrogen) atoms. The zero-order valence-electron chi connectivity index (χ0n) is 10.7. The van der Waals surface area contributed by atoms with Crippen LogP contribution in [0.3, 0.4) is 0 Å². The van der Waals surface area contributed by atoms with Crippen LogP contribution in [0.25, 0.3) is 0 Å². The van der Waals surface area contributed by atoms with Crippen LogP contribution in [0.1, 0.15) is 44.4 Å². The summed E-state index contributed by atoms with van der Waals surface area (Å²) in [6.07, 6.45) is 0.140. The van der Waals surface area contributed by atoms with Crippen LogP contribution in [0.15, 0.2) is 24.3 Å². The molecule has 0 aromatic heterocycles. The summed E-state index contributed by atoms with van der Waals surface area (Å²) in [6, 6.07) is 7.96. The quantitative estimate of drug-likeness (QED) is 0.824. The van der Waals surface area contributed by atoms with Gasteiger partial charge in [0.05, 0.1) is 6.10 Å². The fourth-order valence-corrected chi connectivity index (χ4v) is 1.61. The molecule has 0 saturated heterocycles. The molecular formula is C14H23NO. The minimum atomic E-state index is -0.464. The fraction of sp³-hybridized carbons (Fsp3) is 0.571. The van der Waals surface area contributed by atoms with Gasteiger partial charge < -0.3 is 10.8 Å². The van der Waals surface area contributed by atoms with Crippen molar-refractivity contribution in [2.24, 2.45) is 11.1 Å². The maximum atomic E-state index is 10.1. The Hall–Kier alpha value is -0.860. The molecule has 0 radical (unpaired) electrons. The van der Waals surface area contributed by atoms with E-state index in [1.165, 1.54) is 5.56 Å². The van der Waals surface area contributed by atoms with Crippen LogP contribution >= 0.6 is 0 Å². The molecule has 0 fully saturated rings. The van der Waals surface area contributed by atoms with E-state index in [4.69, 9.17) is 5.73 Å². The topological polar surface area (TPSA) is 46.2 Å². The minimum absolute atomic E-state index is 0.00279. The van der Waals surface area contributed by atoms with E-state index in [-0.39, 0.29) is 11.5 Å². The molecule has 0 spiro atoms. The SMILES string of the molecule is Cc1cccc([C@@H](O)C[C@@H](N)C(C)(C)C)c1. The number of hydrogen-bond acceptors (Lipinski definition) is 2. The predicted octanol–water partition coefficient (Wildman–Crippen LogP) is 2.79. The maximum absolute atomic E-state index is 10.1. The van der Waals surface area contributed by atoms with Crippen LogP contribution in [0.4, 0.5) is 0 Å². The molecule has 0 unspecified atom stereocenters. The third-order valence-corrected chi connectivity index (χ3v) is 3.02. The summed E-state index contributed by atoms with van der Waals surface area (Å²) in [5, 5.41) is 10.1. The number of aliphatic hydroxyl groups excluding tert-OH is 1. The Kier molecular flexibility index (Phi) is 4.11. The number of aliphatic hydroxyl groups is 1. The highest BCUT2D eigenvalue weighted by Gasteiger charge is 2.23. The van der Waals surface area contributed by atoms with Gasteiger partial charge in [-0.3, -0.25) is 0 Å². The van der Waals surface area contributed by atoms with E-state index in [1.54, 1.807) is 0 Å². The maximum Gasteiger partial charge on any atom is 0.0805 e. The molecule has 3 N–H and O–H groups in total. The van der Waals surface area contributed by atoms with E-state index < -0.39 is 6.10 Å². The average molecular weight is 221 g/mol. The predicted molar refractivity (Wildman–Crippen MR) is 68.2 cm³/mol. The lowest BCUT2D eigenvalue weighted by molar-refractivity contribution is 0.133. The summed E-state index contributed by atoms with van der Waals surface area (Å²) in [5.41, 5.74) is 8.23. The zero-order valence-corrected chi connectivity index (χ0v) is 10.7. The first-order valence-corrected chi connectivity index (χ1v) is 5.81. The molecule has 1 aromatic rings. The van der Waals surface area contributed by atoms with Crippen molar-refractivity contribution in [2.75, 3.05) is 0 Å². The van der Waals surface area contributed by atoms with Gasteiger partial charge in [-0.2, -0.15) is 0 Å². The van der Waals surface area contributed by atoms with Crippen LogP contribution in [0.2, 0.25) is 0 Å². The van der Waals surface area contributed by atoms with Crippen molar-refractivity contribution in [3.05, 3.63) is 35.4 Å². The minimum Gasteiger partial charge on any atom is -0.388 e. The van der Waals surface area contributed by atoms with E-state index in [2.05, 4.69) is 20.8 Å². The van der Waals surface area contributed by atoms with E-state index in [0.717, 1.165) is 5.56 Å². The van der Waals surface area contributed by atoms with Crippen molar-refractivity contribution in [2.45, 2.75) is 46.3 Å². The van der Waals surface area contributed by atoms with E-state index in [0.29, 0.717) is 6.42 Å². The largest absolute Gasteiger partial charge is 0.388 e. The van der Waals surface area contributed by atoms with Gasteiger partial charge in [-0.25, -0.2) is 0 Å². The van der Waals surface area contributed by atoms with Gasteiger partial charge in [-0.1, -0.05) is 50.6 Å². The van der Waals surface area contributed by atoms with Crippen molar-refractivity contribution in [1.29, 1.82) is 0 Å². The Morgan fingerprint density at radius 3 is 2.44 bits per heavy atom. The lowest BCUT2D eigenvalue weighted by Crippen LogP contribution is -2.36. The molecule has 0 bridgehead atoms. The highest BCUT2D eigenvalue weighted by Crippen LogP contribution is 2.26. The molecule has 0 heterocycles. The van der Waals surface area contributed by atoms with E-state index >= 15 is 0 Å². The Morgan fingerprint density at radius 1 is 1.31 bits per heavy atom. The molecule has 0 aliphatic carbocycles. The first kappa shape index (κ1) is 13.2. The average Bonchev–Trinajstić information content (AvgIpc) is 2.16. The van der Waals surface area contributed by atoms with Crippen LogP contribution in [0.5, 0.6) is 0 Å². The first-order valence-electron chi connectivity index (χ1n) is 5.81. The standard InChI is InChI=1S/C14H23NO/c1-10-6-5-7-11(8-10)12(16)9-13(15)14(2,3)4/h5-8,12-13,16H,9,15H2,1-4H3/t12-,13+/m0/s1. The van der Waals surface area contributed by atoms with Gasteiger partial charge in [-0.05, 0) is 24.3 Å². The summed E-state index contributed by atoms with van der Waals surface area (Å²) in [4.78, 5) is 0. The molecule has 2 nitrogen and oxygen atoms in total. The molecule has 1 rings (SSSR count). The molecule has 2 heteroatoms. The summed E-state index contributed by atoms with van der Waals surface area (Å²) in [7, 11) is 0. The van der Waals surface area contributed by atoms with Crippen molar-refractivity contribution >= 4 is 0 Å². The zero-order chi connectivity index (χ0) is 12.3. The number of aryl methyl sites for hydroxylation is 1. The van der Waals surface area contributed by atoms with Crippen LogP contribution in [-0.4, -0.2) is 11.1 Å². The van der Waals surface area contributed by atoms with Crippen molar-refractivity contribution in [3.8, 4) is 0 Å². The third-order valence-electron chi connectivity index (χ3n) is 3.02. The monoisotopic (exact) mass is 221 g/mol. The lowest BCUT2D eigenvalue weighted by atomic mass is 9.83. The molecule has 0 aliphatic rings. The normalized spacial score (nSPS) is 15.9. The van der Waals surface area contributed by atoms with Crippen LogP contribution < -0.4 is 5.73 Å². The van der Waals surface area contributed by atoms with Crippen molar-refractivity contribution in [3.63, 3.8) is 0 Å². The Bertz CT molecular complexity index is 341. The molecule has 0 amide bonds. The molecule has 2 atom stereocenters. The molecule has 90 valence electrons. The van der Waals surface area contributed by atoms with Crippen molar-refractivity contribution < 1.29 is 5.11 Å². The Labute approximate surface area is 98.5 Å². The fourth-order valence-electron chi connectivity index (χ4n) is 1.61. The smallest absolute Gasteiger partial charge is 0.0805 e. The number of rotatable bonds is 3. The van der Waals surface area contributed by atoms with Gasteiger partial charge in [0.2, 0.25) is 0 Å². The van der Waals surface area contributed by atoms with E-state index in [1.807, 2.05) is 31.2 Å². The Morgan fingerprint density at radius 2 is 1.94 bits per heavy atom. The summed E-state index contributed by atoms with van der Waals surface area (Å²) >= 11 is 0. The second kappa shape index (κ2) is 4.98. The molecule has 0 saturated carbocycles. The van der Waals surface area contributed by atoms with Crippen LogP contribution in [-0.2, 0) is 0 Å². The van der Waals surface area contributed by atoms with Gasteiger partial charge >= 0.3 is 0 Å². The second-order valence-electron chi connectivity index (χ2n) is 5.64. The lowest BCUT2D eigenvalue weighted by Gasteiger charge is -2.29. The molecular weight excluding hydrogens is 198 g/mol. The van der Waals surface area contributed by atoms with Gasteiger partial charge in [0.15, 0.2) is 0 Å². The number of nitrogens with two attached hydrogens (primary N) is 1. The Balaban J connectivity index is 2.69. The molecule has 0 aliphatic heterocycles. The number of hydrogen-bond donors (Lipinski definition) is 2. The highest BCUT2D eigenvalue weighted by molar-refractivity contribution is 5.24. The second-order valence-corrected chi connectivity index (χ2v) is 5.64. The summed E-state index contributed by atoms with van der Waals surface area (Å²) in [5.74, 6) is 0. The van der Waals surface area contributed by atoms with Gasteiger partial charge in [0.1, 0.15) is 0 Å². The number of benzene rings is 1. The first-order chi connectivity index (χ1) is 7.30. The van der Waals surface area contributed by atoms with Crippen molar-refractivity contribution in [1.82, 2.24) is 0 Å². The van der Waals surface area contributed by atoms with Crippen LogP contribution in [0, 0.1) is 12.3 Å². The molecule has 1 aromatic carbocycles.